The van der Waals surface area contributed by atoms with Gasteiger partial charge in [-0.3, -0.25) is 0 Å². The Hall–Kier alpha value is -5.80. The zero-order valence-corrected chi connectivity index (χ0v) is 28.6. The summed E-state index contributed by atoms with van der Waals surface area (Å²) in [6.45, 7) is 0. The lowest BCUT2D eigenvalue weighted by molar-refractivity contribution is 1.63. The summed E-state index contributed by atoms with van der Waals surface area (Å²) < 4.78 is 5.44. The molecule has 0 amide bonds. The average molecular weight is 669 g/mol. The molecule has 0 atom stereocenters. The van der Waals surface area contributed by atoms with Gasteiger partial charge in [-0.25, -0.2) is 0 Å². The number of thiophene rings is 2. The molecule has 0 N–H and O–H groups in total. The first-order valence-corrected chi connectivity index (χ1v) is 18.7. The second-order valence-corrected chi connectivity index (χ2v) is 15.3. The molecule has 0 bridgehead atoms. The van der Waals surface area contributed by atoms with Gasteiger partial charge >= 0.3 is 0 Å². The van der Waals surface area contributed by atoms with E-state index in [4.69, 9.17) is 0 Å². The fourth-order valence-corrected chi connectivity index (χ4v) is 10.8. The van der Waals surface area contributed by atoms with Crippen LogP contribution in [-0.4, -0.2) is 0 Å². The minimum Gasteiger partial charge on any atom is -0.135 e. The molecule has 0 aliphatic carbocycles. The summed E-state index contributed by atoms with van der Waals surface area (Å²) in [6.07, 6.45) is 0. The van der Waals surface area contributed by atoms with E-state index in [0.29, 0.717) is 0 Å². The Morgan fingerprint density at radius 1 is 0.280 bits per heavy atom. The van der Waals surface area contributed by atoms with E-state index in [-0.39, 0.29) is 0 Å². The van der Waals surface area contributed by atoms with E-state index in [1.807, 2.05) is 22.7 Å². The number of rotatable bonds is 3. The zero-order valence-electron chi connectivity index (χ0n) is 27.0. The van der Waals surface area contributed by atoms with Crippen LogP contribution in [-0.2, 0) is 0 Å². The van der Waals surface area contributed by atoms with Crippen molar-refractivity contribution in [1.29, 1.82) is 0 Å². The normalized spacial score (nSPS) is 12.0. The van der Waals surface area contributed by atoms with Crippen molar-refractivity contribution in [3.8, 4) is 33.4 Å². The van der Waals surface area contributed by atoms with E-state index in [2.05, 4.69) is 170 Å². The molecule has 0 saturated carbocycles. The smallest absolute Gasteiger partial charge is 0.0448 e. The van der Waals surface area contributed by atoms with Crippen LogP contribution in [0, 0.1) is 0 Å². The Morgan fingerprint density at radius 3 is 1.60 bits per heavy atom. The van der Waals surface area contributed by atoms with E-state index >= 15 is 0 Å². The van der Waals surface area contributed by atoms with Crippen molar-refractivity contribution in [3.63, 3.8) is 0 Å². The number of benzene rings is 9. The SMILES string of the molecule is c1ccc(-c2c3ccccc3c(-c3cccc(-c4ccc5c(c4)sc4ccc6c(sc7ccc8ccccc8c76)c45)c3)c3ccccc23)cc1. The van der Waals surface area contributed by atoms with Crippen LogP contribution in [0.15, 0.2) is 170 Å². The summed E-state index contributed by atoms with van der Waals surface area (Å²) in [6, 6.07) is 62.9. The Bertz CT molecular complexity index is 3080. The third-order valence-electron chi connectivity index (χ3n) is 10.4. The molecule has 0 aliphatic rings. The molecule has 11 rings (SSSR count). The van der Waals surface area contributed by atoms with Crippen LogP contribution < -0.4 is 0 Å². The largest absolute Gasteiger partial charge is 0.135 e. The molecule has 0 radical (unpaired) electrons. The molecule has 50 heavy (non-hydrogen) atoms. The van der Waals surface area contributed by atoms with Crippen LogP contribution in [0.3, 0.4) is 0 Å². The molecular formula is C48H28S2. The minimum absolute atomic E-state index is 1.24. The monoisotopic (exact) mass is 668 g/mol. The number of hydrogen-bond donors (Lipinski definition) is 0. The fourth-order valence-electron chi connectivity index (χ4n) is 8.25. The highest BCUT2D eigenvalue weighted by atomic mass is 32.1. The minimum atomic E-state index is 1.24. The van der Waals surface area contributed by atoms with Gasteiger partial charge in [0.25, 0.3) is 0 Å². The summed E-state index contributed by atoms with van der Waals surface area (Å²) in [7, 11) is 0. The molecular weight excluding hydrogens is 641 g/mol. The van der Waals surface area contributed by atoms with Crippen LogP contribution >= 0.6 is 22.7 Å². The molecule has 232 valence electrons. The maximum absolute atomic E-state index is 2.41. The lowest BCUT2D eigenvalue weighted by Crippen LogP contribution is -1.91. The first-order valence-electron chi connectivity index (χ1n) is 17.1. The van der Waals surface area contributed by atoms with Gasteiger partial charge in [0.1, 0.15) is 0 Å². The second kappa shape index (κ2) is 10.9. The molecule has 0 fully saturated rings. The molecule has 2 heterocycles. The van der Waals surface area contributed by atoms with Crippen molar-refractivity contribution in [2.45, 2.75) is 0 Å². The fraction of sp³-hybridized carbons (Fsp3) is 0. The maximum Gasteiger partial charge on any atom is 0.0448 e. The second-order valence-electron chi connectivity index (χ2n) is 13.2. The van der Waals surface area contributed by atoms with Crippen molar-refractivity contribution in [2.24, 2.45) is 0 Å². The summed E-state index contributed by atoms with van der Waals surface area (Å²) >= 11 is 3.84. The van der Waals surface area contributed by atoms with Crippen molar-refractivity contribution >= 4 is 95.3 Å². The third-order valence-corrected chi connectivity index (χ3v) is 12.7. The number of hydrogen-bond acceptors (Lipinski definition) is 2. The van der Waals surface area contributed by atoms with Crippen molar-refractivity contribution in [1.82, 2.24) is 0 Å². The number of fused-ring (bicyclic) bond motifs is 11. The van der Waals surface area contributed by atoms with Crippen molar-refractivity contribution in [2.75, 3.05) is 0 Å². The van der Waals surface area contributed by atoms with Gasteiger partial charge in [-0.05, 0) is 90.0 Å². The van der Waals surface area contributed by atoms with E-state index in [9.17, 15) is 0 Å². The molecule has 11 aromatic rings. The van der Waals surface area contributed by atoms with E-state index in [0.717, 1.165) is 0 Å². The molecule has 0 spiro atoms. The van der Waals surface area contributed by atoms with Crippen molar-refractivity contribution < 1.29 is 0 Å². The van der Waals surface area contributed by atoms with Crippen LogP contribution in [0.25, 0.3) is 106 Å². The first kappa shape index (κ1) is 28.1. The molecule has 9 aromatic carbocycles. The van der Waals surface area contributed by atoms with Crippen LogP contribution in [0.1, 0.15) is 0 Å². The Labute approximate surface area is 297 Å². The predicted octanol–water partition coefficient (Wildman–Crippen LogP) is 14.9. The quantitative estimate of drug-likeness (QED) is 0.164. The Kier molecular flexibility index (Phi) is 6.09. The predicted molar refractivity (Wildman–Crippen MR) is 221 cm³/mol. The highest BCUT2D eigenvalue weighted by Crippen LogP contribution is 2.48. The van der Waals surface area contributed by atoms with Gasteiger partial charge in [-0.2, -0.15) is 0 Å². The van der Waals surface area contributed by atoms with Crippen LogP contribution in [0.4, 0.5) is 0 Å². The Balaban J connectivity index is 1.09. The molecule has 0 unspecified atom stereocenters. The summed E-state index contributed by atoms with van der Waals surface area (Å²) in [5, 5.41) is 13.3. The lowest BCUT2D eigenvalue weighted by Gasteiger charge is -2.18. The van der Waals surface area contributed by atoms with Gasteiger partial charge < -0.3 is 0 Å². The van der Waals surface area contributed by atoms with E-state index in [1.165, 1.54) is 106 Å². The highest BCUT2D eigenvalue weighted by molar-refractivity contribution is 7.30. The summed E-state index contributed by atoms with van der Waals surface area (Å²) in [5.74, 6) is 0. The van der Waals surface area contributed by atoms with Gasteiger partial charge in [0.05, 0.1) is 0 Å². The van der Waals surface area contributed by atoms with Gasteiger partial charge in [-0.1, -0.05) is 146 Å². The van der Waals surface area contributed by atoms with Crippen LogP contribution in [0.5, 0.6) is 0 Å². The Morgan fingerprint density at radius 2 is 0.840 bits per heavy atom. The summed E-state index contributed by atoms with van der Waals surface area (Å²) in [4.78, 5) is 0. The maximum atomic E-state index is 2.41. The highest BCUT2D eigenvalue weighted by Gasteiger charge is 2.18. The standard InChI is InChI=1S/C48H28S2/c1-2-12-30(13-3-1)44-35-17-6-8-19-37(35)45(38-20-9-7-18-36(38)44)33-15-10-14-31(27-33)32-21-23-39-43(28-32)49-42-26-24-40-46-34-16-5-4-11-29(34)22-25-41(46)50-48(40)47(39)42/h1-28H. The first-order chi connectivity index (χ1) is 24.8. The van der Waals surface area contributed by atoms with Gasteiger partial charge in [0.15, 0.2) is 0 Å². The third kappa shape index (κ3) is 4.10. The van der Waals surface area contributed by atoms with Crippen molar-refractivity contribution in [3.05, 3.63) is 170 Å². The molecule has 0 saturated heterocycles. The average Bonchev–Trinajstić information content (AvgIpc) is 3.75. The lowest BCUT2D eigenvalue weighted by atomic mass is 9.85. The molecule has 0 aliphatic heterocycles. The van der Waals surface area contributed by atoms with Gasteiger partial charge in [-0.15, -0.1) is 22.7 Å². The molecule has 2 heteroatoms. The summed E-state index contributed by atoms with van der Waals surface area (Å²) in [5.41, 5.74) is 7.57. The zero-order chi connectivity index (χ0) is 32.8. The van der Waals surface area contributed by atoms with Gasteiger partial charge in [0.2, 0.25) is 0 Å². The van der Waals surface area contributed by atoms with Crippen LogP contribution in [0.2, 0.25) is 0 Å². The molecule has 0 nitrogen and oxygen atoms in total. The van der Waals surface area contributed by atoms with E-state index < -0.39 is 0 Å². The van der Waals surface area contributed by atoms with E-state index in [1.54, 1.807) is 0 Å². The topological polar surface area (TPSA) is 0 Å². The molecule has 2 aromatic heterocycles. The van der Waals surface area contributed by atoms with Gasteiger partial charge in [0, 0.05) is 40.3 Å².